The summed E-state index contributed by atoms with van der Waals surface area (Å²) < 4.78 is 5.83. The van der Waals surface area contributed by atoms with Crippen molar-refractivity contribution in [1.82, 2.24) is 0 Å². The first-order valence-electron chi connectivity index (χ1n) is 6.00. The maximum Gasteiger partial charge on any atom is 0.0951 e. The molecule has 0 fully saturated rings. The Bertz CT molecular complexity index is 528. The van der Waals surface area contributed by atoms with Crippen molar-refractivity contribution in [3.8, 4) is 0 Å². The van der Waals surface area contributed by atoms with E-state index in [0.29, 0.717) is 23.2 Å². The van der Waals surface area contributed by atoms with Crippen LogP contribution in [-0.4, -0.2) is 6.54 Å². The standard InChI is InChI=1S/C15H15Cl2NO/c16-13-6-4-12(5-7-13)15(9-18)19-10-11-2-1-3-14(17)8-11/h1-8,15H,9-10,18H2. The summed E-state index contributed by atoms with van der Waals surface area (Å²) in [7, 11) is 0. The third kappa shape index (κ3) is 4.22. The van der Waals surface area contributed by atoms with Crippen LogP contribution >= 0.6 is 23.2 Å². The van der Waals surface area contributed by atoms with Crippen molar-refractivity contribution in [1.29, 1.82) is 0 Å². The summed E-state index contributed by atoms with van der Waals surface area (Å²) in [5, 5.41) is 1.41. The lowest BCUT2D eigenvalue weighted by atomic mass is 10.1. The van der Waals surface area contributed by atoms with E-state index in [9.17, 15) is 0 Å². The number of ether oxygens (including phenoxy) is 1. The molecule has 0 amide bonds. The Morgan fingerprint density at radius 2 is 1.74 bits per heavy atom. The highest BCUT2D eigenvalue weighted by atomic mass is 35.5. The Balaban J connectivity index is 2.01. The fourth-order valence-electron chi connectivity index (χ4n) is 1.80. The predicted molar refractivity (Wildman–Crippen MR) is 79.5 cm³/mol. The zero-order chi connectivity index (χ0) is 13.7. The van der Waals surface area contributed by atoms with Crippen LogP contribution in [0.3, 0.4) is 0 Å². The van der Waals surface area contributed by atoms with Gasteiger partial charge in [0.05, 0.1) is 12.7 Å². The number of hydrogen-bond donors (Lipinski definition) is 1. The monoisotopic (exact) mass is 295 g/mol. The van der Waals surface area contributed by atoms with Crippen molar-refractivity contribution in [2.45, 2.75) is 12.7 Å². The van der Waals surface area contributed by atoms with Crippen molar-refractivity contribution >= 4 is 23.2 Å². The second kappa shape index (κ2) is 6.92. The summed E-state index contributed by atoms with van der Waals surface area (Å²) in [5.74, 6) is 0. The van der Waals surface area contributed by atoms with Crippen LogP contribution in [0.15, 0.2) is 48.5 Å². The Kier molecular flexibility index (Phi) is 5.23. The first-order chi connectivity index (χ1) is 9.19. The van der Waals surface area contributed by atoms with E-state index in [1.54, 1.807) is 0 Å². The van der Waals surface area contributed by atoms with Crippen LogP contribution < -0.4 is 5.73 Å². The van der Waals surface area contributed by atoms with Gasteiger partial charge in [-0.05, 0) is 35.4 Å². The van der Waals surface area contributed by atoms with Gasteiger partial charge in [-0.3, -0.25) is 0 Å². The maximum absolute atomic E-state index is 5.93. The predicted octanol–water partition coefficient (Wildman–Crippen LogP) is 4.21. The molecule has 0 aromatic heterocycles. The van der Waals surface area contributed by atoms with Crippen molar-refractivity contribution in [2.24, 2.45) is 5.73 Å². The number of hydrogen-bond acceptors (Lipinski definition) is 2. The van der Waals surface area contributed by atoms with E-state index in [4.69, 9.17) is 33.7 Å². The third-order valence-corrected chi connectivity index (χ3v) is 3.28. The zero-order valence-corrected chi connectivity index (χ0v) is 11.9. The maximum atomic E-state index is 5.93. The van der Waals surface area contributed by atoms with E-state index in [2.05, 4.69) is 0 Å². The highest BCUT2D eigenvalue weighted by Gasteiger charge is 2.10. The van der Waals surface area contributed by atoms with Gasteiger partial charge in [-0.1, -0.05) is 47.5 Å². The molecule has 2 nitrogen and oxygen atoms in total. The molecular weight excluding hydrogens is 281 g/mol. The molecule has 1 unspecified atom stereocenters. The zero-order valence-electron chi connectivity index (χ0n) is 10.4. The summed E-state index contributed by atoms with van der Waals surface area (Å²) in [6, 6.07) is 15.1. The van der Waals surface area contributed by atoms with E-state index in [-0.39, 0.29) is 6.10 Å². The second-order valence-electron chi connectivity index (χ2n) is 4.22. The molecule has 0 saturated carbocycles. The molecular formula is C15H15Cl2NO. The highest BCUT2D eigenvalue weighted by Crippen LogP contribution is 2.21. The van der Waals surface area contributed by atoms with E-state index in [0.717, 1.165) is 11.1 Å². The summed E-state index contributed by atoms with van der Waals surface area (Å²) in [6.07, 6.45) is -0.142. The minimum atomic E-state index is -0.142. The fraction of sp³-hybridized carbons (Fsp3) is 0.200. The first kappa shape index (κ1) is 14.4. The number of nitrogens with two attached hydrogens (primary N) is 1. The van der Waals surface area contributed by atoms with Crippen molar-refractivity contribution < 1.29 is 4.74 Å². The Hall–Kier alpha value is -1.06. The molecule has 19 heavy (non-hydrogen) atoms. The molecule has 1 atom stereocenters. The molecule has 2 N–H and O–H groups in total. The Morgan fingerprint density at radius 1 is 1.00 bits per heavy atom. The van der Waals surface area contributed by atoms with Gasteiger partial charge in [-0.15, -0.1) is 0 Å². The van der Waals surface area contributed by atoms with Gasteiger partial charge in [0.15, 0.2) is 0 Å². The molecule has 0 saturated heterocycles. The van der Waals surface area contributed by atoms with E-state index >= 15 is 0 Å². The highest BCUT2D eigenvalue weighted by molar-refractivity contribution is 6.30. The van der Waals surface area contributed by atoms with Crippen LogP contribution in [0.1, 0.15) is 17.2 Å². The molecule has 2 aromatic carbocycles. The quantitative estimate of drug-likeness (QED) is 0.897. The van der Waals surface area contributed by atoms with E-state index in [1.807, 2.05) is 48.5 Å². The number of rotatable bonds is 5. The minimum absolute atomic E-state index is 0.142. The summed E-state index contributed by atoms with van der Waals surface area (Å²) in [4.78, 5) is 0. The van der Waals surface area contributed by atoms with Crippen LogP contribution in [0.4, 0.5) is 0 Å². The normalized spacial score (nSPS) is 12.4. The van der Waals surface area contributed by atoms with Gasteiger partial charge < -0.3 is 10.5 Å². The molecule has 0 aliphatic heterocycles. The lowest BCUT2D eigenvalue weighted by Crippen LogP contribution is -2.15. The number of halogens is 2. The van der Waals surface area contributed by atoms with Gasteiger partial charge in [0.2, 0.25) is 0 Å². The Labute approximate surface area is 123 Å². The lowest BCUT2D eigenvalue weighted by Gasteiger charge is -2.16. The van der Waals surface area contributed by atoms with Crippen molar-refractivity contribution in [2.75, 3.05) is 6.54 Å². The van der Waals surface area contributed by atoms with Gasteiger partial charge in [0, 0.05) is 16.6 Å². The van der Waals surface area contributed by atoms with Crippen LogP contribution in [0, 0.1) is 0 Å². The molecule has 0 bridgehead atoms. The van der Waals surface area contributed by atoms with Crippen LogP contribution in [0.5, 0.6) is 0 Å². The molecule has 4 heteroatoms. The van der Waals surface area contributed by atoms with Gasteiger partial charge in [-0.2, -0.15) is 0 Å². The summed E-state index contributed by atoms with van der Waals surface area (Å²) in [6.45, 7) is 0.896. The fourth-order valence-corrected chi connectivity index (χ4v) is 2.14. The largest absolute Gasteiger partial charge is 0.368 e. The molecule has 2 rings (SSSR count). The van der Waals surface area contributed by atoms with Crippen LogP contribution in [0.25, 0.3) is 0 Å². The summed E-state index contributed by atoms with van der Waals surface area (Å²) >= 11 is 11.8. The van der Waals surface area contributed by atoms with Crippen LogP contribution in [0.2, 0.25) is 10.0 Å². The van der Waals surface area contributed by atoms with E-state index in [1.165, 1.54) is 0 Å². The lowest BCUT2D eigenvalue weighted by molar-refractivity contribution is 0.0456. The van der Waals surface area contributed by atoms with Gasteiger partial charge in [0.25, 0.3) is 0 Å². The van der Waals surface area contributed by atoms with Crippen molar-refractivity contribution in [3.05, 3.63) is 69.7 Å². The topological polar surface area (TPSA) is 35.2 Å². The molecule has 0 spiro atoms. The SMILES string of the molecule is NCC(OCc1cccc(Cl)c1)c1ccc(Cl)cc1. The second-order valence-corrected chi connectivity index (χ2v) is 5.09. The smallest absolute Gasteiger partial charge is 0.0951 e. The average Bonchev–Trinajstić information content (AvgIpc) is 2.41. The molecule has 0 heterocycles. The Morgan fingerprint density at radius 3 is 2.37 bits per heavy atom. The number of benzene rings is 2. The van der Waals surface area contributed by atoms with Crippen LogP contribution in [-0.2, 0) is 11.3 Å². The van der Waals surface area contributed by atoms with E-state index < -0.39 is 0 Å². The van der Waals surface area contributed by atoms with Crippen molar-refractivity contribution in [3.63, 3.8) is 0 Å². The molecule has 0 aliphatic carbocycles. The minimum Gasteiger partial charge on any atom is -0.368 e. The summed E-state index contributed by atoms with van der Waals surface area (Å²) in [5.41, 5.74) is 7.80. The first-order valence-corrected chi connectivity index (χ1v) is 6.76. The van der Waals surface area contributed by atoms with Gasteiger partial charge in [0.1, 0.15) is 0 Å². The molecule has 100 valence electrons. The molecule has 0 aliphatic rings. The average molecular weight is 296 g/mol. The van der Waals surface area contributed by atoms with Gasteiger partial charge in [-0.25, -0.2) is 0 Å². The van der Waals surface area contributed by atoms with Gasteiger partial charge >= 0.3 is 0 Å². The third-order valence-electron chi connectivity index (χ3n) is 2.80. The molecule has 0 radical (unpaired) electrons. The molecule has 2 aromatic rings.